The average Bonchev–Trinajstić information content (AvgIpc) is 2.94. The fourth-order valence-electron chi connectivity index (χ4n) is 1.28. The molecule has 2 aromatic heterocycles. The molecule has 7 heteroatoms. The summed E-state index contributed by atoms with van der Waals surface area (Å²) in [4.78, 5) is 22.7. The Morgan fingerprint density at radius 1 is 1.33 bits per heavy atom. The molecule has 2 rings (SSSR count). The van der Waals surface area contributed by atoms with Crippen LogP contribution < -0.4 is 5.32 Å². The third-order valence-electron chi connectivity index (χ3n) is 2.09. The van der Waals surface area contributed by atoms with Crippen molar-refractivity contribution in [2.45, 2.75) is 6.54 Å². The van der Waals surface area contributed by atoms with E-state index in [2.05, 4.69) is 5.32 Å². The molecule has 0 saturated heterocycles. The minimum Gasteiger partial charge on any atom is -0.475 e. The molecule has 0 aromatic carbocycles. The summed E-state index contributed by atoms with van der Waals surface area (Å²) >= 11 is 6.88. The Morgan fingerprint density at radius 3 is 2.67 bits per heavy atom. The van der Waals surface area contributed by atoms with Crippen molar-refractivity contribution in [2.24, 2.45) is 0 Å². The number of rotatable bonds is 4. The van der Waals surface area contributed by atoms with Crippen LogP contribution >= 0.6 is 22.9 Å². The van der Waals surface area contributed by atoms with Gasteiger partial charge < -0.3 is 14.8 Å². The van der Waals surface area contributed by atoms with E-state index in [1.54, 1.807) is 12.1 Å². The number of carbonyl (C=O) groups is 2. The van der Waals surface area contributed by atoms with E-state index in [0.29, 0.717) is 15.0 Å². The molecule has 0 radical (unpaired) electrons. The largest absolute Gasteiger partial charge is 0.475 e. The Morgan fingerprint density at radius 2 is 2.11 bits per heavy atom. The second-order valence-corrected chi connectivity index (χ2v) is 5.07. The first-order valence-electron chi connectivity index (χ1n) is 4.92. The summed E-state index contributed by atoms with van der Waals surface area (Å²) in [5.41, 5.74) is 0. The van der Waals surface area contributed by atoms with Crippen molar-refractivity contribution < 1.29 is 19.1 Å². The lowest BCUT2D eigenvalue weighted by molar-refractivity contribution is 0.0660. The smallest absolute Gasteiger partial charge is 0.371 e. The fourth-order valence-corrected chi connectivity index (χ4v) is 2.24. The fraction of sp³-hybridized carbons (Fsp3) is 0.0909. The van der Waals surface area contributed by atoms with Gasteiger partial charge in [0.2, 0.25) is 5.76 Å². The summed E-state index contributed by atoms with van der Waals surface area (Å²) in [5, 5.41) is 11.3. The standard InChI is InChI=1S/C11H8ClNO4S/c12-9-4-3-8(18-9)10(14)13-5-6-1-2-7(17-6)11(15)16/h1-4H,5H2,(H,13,14)(H,15,16). The molecule has 0 aliphatic heterocycles. The van der Waals surface area contributed by atoms with E-state index in [4.69, 9.17) is 21.1 Å². The lowest BCUT2D eigenvalue weighted by Crippen LogP contribution is -2.21. The highest BCUT2D eigenvalue weighted by atomic mass is 35.5. The van der Waals surface area contributed by atoms with E-state index in [9.17, 15) is 9.59 Å². The Kier molecular flexibility index (Phi) is 3.69. The summed E-state index contributed by atoms with van der Waals surface area (Å²) < 4.78 is 5.53. The first-order valence-corrected chi connectivity index (χ1v) is 6.11. The van der Waals surface area contributed by atoms with Gasteiger partial charge >= 0.3 is 5.97 Å². The van der Waals surface area contributed by atoms with Crippen LogP contribution in [-0.2, 0) is 6.54 Å². The lowest BCUT2D eigenvalue weighted by Gasteiger charge is -2.00. The number of nitrogens with one attached hydrogen (secondary N) is 1. The van der Waals surface area contributed by atoms with Gasteiger partial charge in [-0.3, -0.25) is 4.79 Å². The normalized spacial score (nSPS) is 10.3. The van der Waals surface area contributed by atoms with Crippen molar-refractivity contribution in [2.75, 3.05) is 0 Å². The van der Waals surface area contributed by atoms with E-state index < -0.39 is 5.97 Å². The first kappa shape index (κ1) is 12.7. The van der Waals surface area contributed by atoms with Crippen molar-refractivity contribution in [1.29, 1.82) is 0 Å². The van der Waals surface area contributed by atoms with Crippen molar-refractivity contribution >= 4 is 34.8 Å². The number of carboxylic acid groups (broad SMARTS) is 1. The predicted octanol–water partition coefficient (Wildman–Crippen LogP) is 2.62. The van der Waals surface area contributed by atoms with E-state index >= 15 is 0 Å². The molecule has 2 heterocycles. The van der Waals surface area contributed by atoms with E-state index in [0.717, 1.165) is 0 Å². The van der Waals surface area contributed by atoms with Crippen LogP contribution in [0.2, 0.25) is 4.34 Å². The minimum absolute atomic E-state index is 0.127. The summed E-state index contributed by atoms with van der Waals surface area (Å²) in [6.07, 6.45) is 0. The highest BCUT2D eigenvalue weighted by Crippen LogP contribution is 2.21. The molecule has 1 amide bonds. The lowest BCUT2D eigenvalue weighted by atomic mass is 10.4. The number of carboxylic acids is 1. The maximum absolute atomic E-state index is 11.7. The summed E-state index contributed by atoms with van der Waals surface area (Å²) in [5.74, 6) is -1.19. The quantitative estimate of drug-likeness (QED) is 0.905. The van der Waals surface area contributed by atoms with Crippen molar-refractivity contribution in [1.82, 2.24) is 5.32 Å². The molecular formula is C11H8ClNO4S. The Labute approximate surface area is 111 Å². The minimum atomic E-state index is -1.14. The first-order chi connectivity index (χ1) is 8.56. The van der Waals surface area contributed by atoms with Crippen LogP contribution in [0, 0.1) is 0 Å². The number of carbonyl (C=O) groups excluding carboxylic acids is 1. The zero-order valence-electron chi connectivity index (χ0n) is 8.97. The number of thiophene rings is 1. The number of amides is 1. The van der Waals surface area contributed by atoms with Gasteiger partial charge in [0, 0.05) is 0 Å². The second kappa shape index (κ2) is 5.24. The van der Waals surface area contributed by atoms with E-state index in [1.165, 1.54) is 23.5 Å². The molecule has 0 aliphatic carbocycles. The van der Waals surface area contributed by atoms with E-state index in [-0.39, 0.29) is 18.2 Å². The van der Waals surface area contributed by atoms with Crippen LogP contribution in [0.15, 0.2) is 28.7 Å². The van der Waals surface area contributed by atoms with Gasteiger partial charge in [-0.1, -0.05) is 11.6 Å². The molecule has 0 bridgehead atoms. The van der Waals surface area contributed by atoms with Gasteiger partial charge in [0.05, 0.1) is 15.8 Å². The number of furan rings is 1. The number of aromatic carboxylic acids is 1. The SMILES string of the molecule is O=C(O)c1ccc(CNC(=O)c2ccc(Cl)s2)o1. The Hall–Kier alpha value is -1.79. The monoisotopic (exact) mass is 285 g/mol. The summed E-state index contributed by atoms with van der Waals surface area (Å²) in [7, 11) is 0. The van der Waals surface area contributed by atoms with Crippen molar-refractivity contribution in [3.05, 3.63) is 45.0 Å². The zero-order valence-corrected chi connectivity index (χ0v) is 10.5. The molecule has 0 saturated carbocycles. The van der Waals surface area contributed by atoms with Crippen LogP contribution in [0.4, 0.5) is 0 Å². The molecule has 5 nitrogen and oxygen atoms in total. The third kappa shape index (κ3) is 2.91. The summed E-state index contributed by atoms with van der Waals surface area (Å²) in [6, 6.07) is 6.10. The number of hydrogen-bond acceptors (Lipinski definition) is 4. The van der Waals surface area contributed by atoms with Gasteiger partial charge in [0.1, 0.15) is 5.76 Å². The topological polar surface area (TPSA) is 79.5 Å². The summed E-state index contributed by atoms with van der Waals surface area (Å²) in [6.45, 7) is 0.127. The molecule has 0 unspecified atom stereocenters. The van der Waals surface area contributed by atoms with Crippen LogP contribution in [0.5, 0.6) is 0 Å². The third-order valence-corrected chi connectivity index (χ3v) is 3.32. The molecule has 18 heavy (non-hydrogen) atoms. The van der Waals surface area contributed by atoms with Gasteiger partial charge in [-0.2, -0.15) is 0 Å². The van der Waals surface area contributed by atoms with Gasteiger partial charge in [-0.25, -0.2) is 4.79 Å². The highest BCUT2D eigenvalue weighted by molar-refractivity contribution is 7.17. The van der Waals surface area contributed by atoms with Gasteiger partial charge in [-0.15, -0.1) is 11.3 Å². The van der Waals surface area contributed by atoms with Crippen LogP contribution in [0.25, 0.3) is 0 Å². The average molecular weight is 286 g/mol. The molecule has 0 atom stereocenters. The number of hydrogen-bond donors (Lipinski definition) is 2. The van der Waals surface area contributed by atoms with Gasteiger partial charge in [-0.05, 0) is 24.3 Å². The van der Waals surface area contributed by atoms with Crippen molar-refractivity contribution in [3.63, 3.8) is 0 Å². The number of halogens is 1. The molecule has 0 fully saturated rings. The maximum atomic E-state index is 11.7. The van der Waals surface area contributed by atoms with Crippen LogP contribution in [0.3, 0.4) is 0 Å². The van der Waals surface area contributed by atoms with Crippen molar-refractivity contribution in [3.8, 4) is 0 Å². The van der Waals surface area contributed by atoms with Crippen LogP contribution in [-0.4, -0.2) is 17.0 Å². The molecule has 2 N–H and O–H groups in total. The molecule has 2 aromatic rings. The molecule has 0 spiro atoms. The van der Waals surface area contributed by atoms with Crippen LogP contribution in [0.1, 0.15) is 26.0 Å². The maximum Gasteiger partial charge on any atom is 0.371 e. The Bertz CT molecular complexity index is 589. The van der Waals surface area contributed by atoms with E-state index in [1.807, 2.05) is 0 Å². The predicted molar refractivity (Wildman–Crippen MR) is 66.2 cm³/mol. The van der Waals surface area contributed by atoms with Gasteiger partial charge in [0.15, 0.2) is 0 Å². The molecular weight excluding hydrogens is 278 g/mol. The molecule has 0 aliphatic rings. The zero-order chi connectivity index (χ0) is 13.1. The second-order valence-electron chi connectivity index (χ2n) is 3.36. The Balaban J connectivity index is 1.95. The highest BCUT2D eigenvalue weighted by Gasteiger charge is 2.11. The molecule has 94 valence electrons. The van der Waals surface area contributed by atoms with Gasteiger partial charge in [0.25, 0.3) is 5.91 Å².